The Balaban J connectivity index is 2.13. The highest BCUT2D eigenvalue weighted by molar-refractivity contribution is 5.28. The van der Waals surface area contributed by atoms with Crippen molar-refractivity contribution in [3.63, 3.8) is 0 Å². The van der Waals surface area contributed by atoms with Gasteiger partial charge in [-0.1, -0.05) is 19.1 Å². The van der Waals surface area contributed by atoms with Crippen molar-refractivity contribution in [1.82, 2.24) is 5.32 Å². The molecular formula is C16H22F3NO. The topological polar surface area (TPSA) is 21.3 Å². The van der Waals surface area contributed by atoms with E-state index >= 15 is 0 Å². The number of hydrogen-bond acceptors (Lipinski definition) is 2. The van der Waals surface area contributed by atoms with Gasteiger partial charge in [-0.05, 0) is 43.5 Å². The molecule has 1 aromatic carbocycles. The molecular weight excluding hydrogens is 279 g/mol. The lowest BCUT2D eigenvalue weighted by Gasteiger charge is -2.32. The summed E-state index contributed by atoms with van der Waals surface area (Å²) in [5.74, 6) is 0.230. The lowest BCUT2D eigenvalue weighted by atomic mass is 9.88. The summed E-state index contributed by atoms with van der Waals surface area (Å²) < 4.78 is 44.3. The van der Waals surface area contributed by atoms with E-state index in [4.69, 9.17) is 4.74 Å². The number of ether oxygens (including phenoxy) is 1. The van der Waals surface area contributed by atoms with Gasteiger partial charge in [-0.15, -0.1) is 0 Å². The molecule has 0 spiro atoms. The first-order valence-corrected chi connectivity index (χ1v) is 7.52. The molecule has 0 aromatic heterocycles. The SMILES string of the molecule is CCCNCC1CCCOC1c1cccc(C(F)(F)F)c1. The lowest BCUT2D eigenvalue weighted by Crippen LogP contribution is -2.32. The van der Waals surface area contributed by atoms with Gasteiger partial charge in [0.25, 0.3) is 0 Å². The van der Waals surface area contributed by atoms with Crippen molar-refractivity contribution in [2.24, 2.45) is 5.92 Å². The molecule has 2 unspecified atom stereocenters. The third kappa shape index (κ3) is 4.45. The molecule has 0 bridgehead atoms. The van der Waals surface area contributed by atoms with Gasteiger partial charge < -0.3 is 10.1 Å². The zero-order valence-corrected chi connectivity index (χ0v) is 12.2. The number of halogens is 3. The van der Waals surface area contributed by atoms with Gasteiger partial charge in [-0.25, -0.2) is 0 Å². The van der Waals surface area contributed by atoms with E-state index in [2.05, 4.69) is 12.2 Å². The Kier molecular flexibility index (Phi) is 5.65. The minimum Gasteiger partial charge on any atom is -0.373 e. The summed E-state index contributed by atoms with van der Waals surface area (Å²) in [6.45, 7) is 4.42. The molecule has 1 saturated heterocycles. The second-order valence-electron chi connectivity index (χ2n) is 5.52. The van der Waals surface area contributed by atoms with Crippen molar-refractivity contribution in [2.75, 3.05) is 19.7 Å². The van der Waals surface area contributed by atoms with Crippen LogP contribution in [0.1, 0.15) is 43.4 Å². The molecule has 1 aromatic rings. The van der Waals surface area contributed by atoms with Gasteiger partial charge in [0.2, 0.25) is 0 Å². The van der Waals surface area contributed by atoms with Crippen LogP contribution in [0.25, 0.3) is 0 Å². The highest BCUT2D eigenvalue weighted by atomic mass is 19.4. The fourth-order valence-electron chi connectivity index (χ4n) is 2.78. The molecule has 5 heteroatoms. The minimum absolute atomic E-state index is 0.230. The van der Waals surface area contributed by atoms with Gasteiger partial charge in [0.05, 0.1) is 11.7 Å². The molecule has 1 aliphatic rings. The highest BCUT2D eigenvalue weighted by Gasteiger charge is 2.33. The standard InChI is InChI=1S/C16H22F3NO/c1-2-8-20-11-13-6-4-9-21-15(13)12-5-3-7-14(10-12)16(17,18)19/h3,5,7,10,13,15,20H,2,4,6,8-9,11H2,1H3. The van der Waals surface area contributed by atoms with Crippen molar-refractivity contribution < 1.29 is 17.9 Å². The molecule has 1 heterocycles. The average Bonchev–Trinajstić information content (AvgIpc) is 2.47. The van der Waals surface area contributed by atoms with E-state index < -0.39 is 11.7 Å². The van der Waals surface area contributed by atoms with Crippen LogP contribution in [-0.4, -0.2) is 19.7 Å². The normalized spacial score (nSPS) is 23.2. The predicted molar refractivity (Wildman–Crippen MR) is 76.0 cm³/mol. The molecule has 0 aliphatic carbocycles. The Hall–Kier alpha value is -1.07. The first kappa shape index (κ1) is 16.3. The average molecular weight is 301 g/mol. The van der Waals surface area contributed by atoms with Crippen molar-refractivity contribution in [3.8, 4) is 0 Å². The Morgan fingerprint density at radius 3 is 2.86 bits per heavy atom. The Labute approximate surface area is 123 Å². The molecule has 1 fully saturated rings. The van der Waals surface area contributed by atoms with Crippen LogP contribution in [0, 0.1) is 5.92 Å². The Bertz CT molecular complexity index is 447. The van der Waals surface area contributed by atoms with Crippen LogP contribution in [0.4, 0.5) is 13.2 Å². The first-order chi connectivity index (χ1) is 10.0. The van der Waals surface area contributed by atoms with E-state index in [1.807, 2.05) is 0 Å². The van der Waals surface area contributed by atoms with Crippen molar-refractivity contribution in [1.29, 1.82) is 0 Å². The minimum atomic E-state index is -4.30. The largest absolute Gasteiger partial charge is 0.416 e. The van der Waals surface area contributed by atoms with Crippen LogP contribution >= 0.6 is 0 Å². The maximum absolute atomic E-state index is 12.8. The van der Waals surface area contributed by atoms with Crippen molar-refractivity contribution in [3.05, 3.63) is 35.4 Å². The van der Waals surface area contributed by atoms with E-state index in [0.717, 1.165) is 38.4 Å². The van der Waals surface area contributed by atoms with E-state index in [1.54, 1.807) is 6.07 Å². The fourth-order valence-corrected chi connectivity index (χ4v) is 2.78. The van der Waals surface area contributed by atoms with Crippen molar-refractivity contribution in [2.45, 2.75) is 38.5 Å². The monoisotopic (exact) mass is 301 g/mol. The molecule has 21 heavy (non-hydrogen) atoms. The zero-order chi connectivity index (χ0) is 15.3. The fraction of sp³-hybridized carbons (Fsp3) is 0.625. The predicted octanol–water partition coefficient (Wildman–Crippen LogP) is 4.17. The third-order valence-corrected chi connectivity index (χ3v) is 3.82. The second-order valence-corrected chi connectivity index (χ2v) is 5.52. The zero-order valence-electron chi connectivity index (χ0n) is 12.2. The molecule has 2 nitrogen and oxygen atoms in total. The number of hydrogen-bond donors (Lipinski definition) is 1. The van der Waals surface area contributed by atoms with E-state index in [9.17, 15) is 13.2 Å². The van der Waals surface area contributed by atoms with E-state index in [1.165, 1.54) is 12.1 Å². The Morgan fingerprint density at radius 2 is 2.14 bits per heavy atom. The molecule has 0 saturated carbocycles. The lowest BCUT2D eigenvalue weighted by molar-refractivity contribution is -0.137. The van der Waals surface area contributed by atoms with Gasteiger partial charge >= 0.3 is 6.18 Å². The maximum atomic E-state index is 12.8. The van der Waals surface area contributed by atoms with Gasteiger partial charge in [0.1, 0.15) is 0 Å². The molecule has 0 amide bonds. The van der Waals surface area contributed by atoms with Gasteiger partial charge in [-0.3, -0.25) is 0 Å². The summed E-state index contributed by atoms with van der Waals surface area (Å²) in [6, 6.07) is 5.53. The van der Waals surface area contributed by atoms with Crippen LogP contribution in [0.2, 0.25) is 0 Å². The van der Waals surface area contributed by atoms with Gasteiger partial charge in [-0.2, -0.15) is 13.2 Å². The number of alkyl halides is 3. The number of benzene rings is 1. The van der Waals surface area contributed by atoms with E-state index in [-0.39, 0.29) is 12.0 Å². The Morgan fingerprint density at radius 1 is 1.33 bits per heavy atom. The smallest absolute Gasteiger partial charge is 0.373 e. The summed E-state index contributed by atoms with van der Waals surface area (Å²) in [6.07, 6.45) is -1.56. The van der Waals surface area contributed by atoms with E-state index in [0.29, 0.717) is 12.2 Å². The molecule has 1 aliphatic heterocycles. The number of rotatable bonds is 5. The van der Waals surface area contributed by atoms with Gasteiger partial charge in [0, 0.05) is 19.1 Å². The summed E-state index contributed by atoms with van der Waals surface area (Å²) in [7, 11) is 0. The number of nitrogens with one attached hydrogen (secondary N) is 1. The quantitative estimate of drug-likeness (QED) is 0.824. The summed E-state index contributed by atoms with van der Waals surface area (Å²) >= 11 is 0. The summed E-state index contributed by atoms with van der Waals surface area (Å²) in [4.78, 5) is 0. The summed E-state index contributed by atoms with van der Waals surface area (Å²) in [5.41, 5.74) is 0.0299. The second kappa shape index (κ2) is 7.27. The molecule has 2 rings (SSSR count). The maximum Gasteiger partial charge on any atom is 0.416 e. The van der Waals surface area contributed by atoms with Crippen LogP contribution < -0.4 is 5.32 Å². The van der Waals surface area contributed by atoms with Crippen LogP contribution in [0.15, 0.2) is 24.3 Å². The van der Waals surface area contributed by atoms with Crippen molar-refractivity contribution >= 4 is 0 Å². The molecule has 1 N–H and O–H groups in total. The van der Waals surface area contributed by atoms with Crippen LogP contribution in [-0.2, 0) is 10.9 Å². The first-order valence-electron chi connectivity index (χ1n) is 7.52. The molecule has 118 valence electrons. The third-order valence-electron chi connectivity index (χ3n) is 3.82. The van der Waals surface area contributed by atoms with Crippen LogP contribution in [0.5, 0.6) is 0 Å². The van der Waals surface area contributed by atoms with Gasteiger partial charge in [0.15, 0.2) is 0 Å². The molecule has 2 atom stereocenters. The van der Waals surface area contributed by atoms with Crippen LogP contribution in [0.3, 0.4) is 0 Å². The highest BCUT2D eigenvalue weighted by Crippen LogP contribution is 2.36. The summed E-state index contributed by atoms with van der Waals surface area (Å²) in [5, 5.41) is 3.35. The molecule has 0 radical (unpaired) electrons.